The van der Waals surface area contributed by atoms with E-state index in [-0.39, 0.29) is 18.2 Å². The van der Waals surface area contributed by atoms with Crippen LogP contribution in [0, 0.1) is 11.6 Å². The first-order valence-electron chi connectivity index (χ1n) is 9.89. The van der Waals surface area contributed by atoms with Gasteiger partial charge in [-0.25, -0.2) is 8.78 Å². The van der Waals surface area contributed by atoms with Gasteiger partial charge in [-0.1, -0.05) is 6.07 Å². The molecule has 1 fully saturated rings. The van der Waals surface area contributed by atoms with Crippen molar-refractivity contribution < 1.29 is 27.8 Å². The molecule has 162 valence electrons. The van der Waals surface area contributed by atoms with Crippen LogP contribution >= 0.6 is 0 Å². The summed E-state index contributed by atoms with van der Waals surface area (Å²) < 4.78 is 43.1. The van der Waals surface area contributed by atoms with Crippen molar-refractivity contribution in [3.05, 3.63) is 59.2 Å². The second-order valence-corrected chi connectivity index (χ2v) is 6.85. The van der Waals surface area contributed by atoms with Gasteiger partial charge in [-0.05, 0) is 42.8 Å². The van der Waals surface area contributed by atoms with Crippen molar-refractivity contribution in [3.8, 4) is 11.5 Å². The molecule has 0 saturated carbocycles. The number of carbonyl (C=O) groups excluding carboxylic acids is 1. The monoisotopic (exact) mass is 420 g/mol. The number of carbonyl (C=O) groups is 1. The Labute approximate surface area is 174 Å². The number of hydrogen-bond donors (Lipinski definition) is 1. The molecule has 1 heterocycles. The van der Waals surface area contributed by atoms with E-state index in [2.05, 4.69) is 10.2 Å². The van der Waals surface area contributed by atoms with Crippen LogP contribution in [0.2, 0.25) is 0 Å². The number of morpholine rings is 1. The molecule has 0 spiro atoms. The van der Waals surface area contributed by atoms with Crippen LogP contribution in [0.4, 0.5) is 8.78 Å². The molecule has 30 heavy (non-hydrogen) atoms. The Bertz CT molecular complexity index is 872. The summed E-state index contributed by atoms with van der Waals surface area (Å²) in [5, 5.41) is 2.84. The molecule has 0 bridgehead atoms. The van der Waals surface area contributed by atoms with Gasteiger partial charge < -0.3 is 19.5 Å². The highest BCUT2D eigenvalue weighted by Crippen LogP contribution is 2.32. The van der Waals surface area contributed by atoms with E-state index in [1.807, 2.05) is 25.1 Å². The first kappa shape index (κ1) is 22.0. The lowest BCUT2D eigenvalue weighted by molar-refractivity contribution is 0.0162. The predicted octanol–water partition coefficient (Wildman–Crippen LogP) is 3.18. The van der Waals surface area contributed by atoms with Crippen LogP contribution in [0.5, 0.6) is 11.5 Å². The van der Waals surface area contributed by atoms with Crippen molar-refractivity contribution in [1.82, 2.24) is 10.2 Å². The van der Waals surface area contributed by atoms with Crippen molar-refractivity contribution in [2.75, 3.05) is 46.6 Å². The molecular weight excluding hydrogens is 394 g/mol. The van der Waals surface area contributed by atoms with Gasteiger partial charge in [-0.15, -0.1) is 0 Å². The zero-order valence-electron chi connectivity index (χ0n) is 17.1. The van der Waals surface area contributed by atoms with Crippen molar-refractivity contribution in [3.63, 3.8) is 0 Å². The number of amides is 1. The van der Waals surface area contributed by atoms with Gasteiger partial charge in [0.15, 0.2) is 23.1 Å². The van der Waals surface area contributed by atoms with Crippen molar-refractivity contribution in [1.29, 1.82) is 0 Å². The van der Waals surface area contributed by atoms with E-state index in [0.29, 0.717) is 44.4 Å². The van der Waals surface area contributed by atoms with Crippen LogP contribution in [-0.4, -0.2) is 57.4 Å². The fourth-order valence-electron chi connectivity index (χ4n) is 3.44. The molecule has 2 aromatic rings. The summed E-state index contributed by atoms with van der Waals surface area (Å²) in [5.74, 6) is -1.25. The highest BCUT2D eigenvalue weighted by molar-refractivity contribution is 5.94. The Morgan fingerprint density at radius 3 is 2.57 bits per heavy atom. The maximum Gasteiger partial charge on any atom is 0.251 e. The standard InChI is InChI=1S/C22H26F2N2O4/c1-3-30-20-7-5-15(13-21(20)28-2)19(26-8-10-29-11-9-26)14-25-22(27)16-4-6-17(23)18(24)12-16/h4-7,12-13,19H,3,8-11,14H2,1-2H3,(H,25,27)/t19-/m1/s1. The zero-order valence-corrected chi connectivity index (χ0v) is 17.1. The molecule has 0 aromatic heterocycles. The second kappa shape index (κ2) is 10.4. The molecule has 3 rings (SSSR count). The first-order valence-corrected chi connectivity index (χ1v) is 9.89. The number of nitrogens with one attached hydrogen (secondary N) is 1. The average Bonchev–Trinajstić information content (AvgIpc) is 2.77. The third-order valence-corrected chi connectivity index (χ3v) is 5.00. The van der Waals surface area contributed by atoms with Crippen LogP contribution in [-0.2, 0) is 4.74 Å². The highest BCUT2D eigenvalue weighted by atomic mass is 19.2. The van der Waals surface area contributed by atoms with Gasteiger partial charge in [0.1, 0.15) is 0 Å². The van der Waals surface area contributed by atoms with Gasteiger partial charge in [0.2, 0.25) is 0 Å². The van der Waals surface area contributed by atoms with Crippen LogP contribution in [0.15, 0.2) is 36.4 Å². The van der Waals surface area contributed by atoms with E-state index in [0.717, 1.165) is 17.7 Å². The highest BCUT2D eigenvalue weighted by Gasteiger charge is 2.25. The summed E-state index contributed by atoms with van der Waals surface area (Å²) in [6, 6.07) is 8.65. The molecule has 1 aliphatic rings. The predicted molar refractivity (Wildman–Crippen MR) is 108 cm³/mol. The molecule has 6 nitrogen and oxygen atoms in total. The number of hydrogen-bond acceptors (Lipinski definition) is 5. The number of benzene rings is 2. The van der Waals surface area contributed by atoms with Crippen LogP contribution in [0.25, 0.3) is 0 Å². The summed E-state index contributed by atoms with van der Waals surface area (Å²) in [6.07, 6.45) is 0. The number of ether oxygens (including phenoxy) is 3. The summed E-state index contributed by atoms with van der Waals surface area (Å²) in [4.78, 5) is 14.7. The van der Waals surface area contributed by atoms with Gasteiger partial charge in [0, 0.05) is 25.2 Å². The Morgan fingerprint density at radius 1 is 1.13 bits per heavy atom. The summed E-state index contributed by atoms with van der Waals surface area (Å²) >= 11 is 0. The van der Waals surface area contributed by atoms with E-state index in [4.69, 9.17) is 14.2 Å². The number of methoxy groups -OCH3 is 1. The van der Waals surface area contributed by atoms with Crippen molar-refractivity contribution in [2.45, 2.75) is 13.0 Å². The normalized spacial score (nSPS) is 15.5. The maximum absolute atomic E-state index is 13.5. The largest absolute Gasteiger partial charge is 0.493 e. The fraction of sp³-hybridized carbons (Fsp3) is 0.409. The summed E-state index contributed by atoms with van der Waals surface area (Å²) in [6.45, 7) is 5.33. The summed E-state index contributed by atoms with van der Waals surface area (Å²) in [7, 11) is 1.58. The minimum atomic E-state index is -1.05. The third kappa shape index (κ3) is 5.25. The van der Waals surface area contributed by atoms with E-state index in [9.17, 15) is 13.6 Å². The van der Waals surface area contributed by atoms with Crippen LogP contribution < -0.4 is 14.8 Å². The topological polar surface area (TPSA) is 60.0 Å². The van der Waals surface area contributed by atoms with E-state index < -0.39 is 17.5 Å². The van der Waals surface area contributed by atoms with Crippen LogP contribution in [0.1, 0.15) is 28.9 Å². The number of rotatable bonds is 8. The molecule has 0 radical (unpaired) electrons. The molecule has 0 unspecified atom stereocenters. The lowest BCUT2D eigenvalue weighted by Gasteiger charge is -2.35. The SMILES string of the molecule is CCOc1ccc([C@@H](CNC(=O)c2ccc(F)c(F)c2)N2CCOCC2)cc1OC. The average molecular weight is 420 g/mol. The first-order chi connectivity index (χ1) is 14.5. The zero-order chi connectivity index (χ0) is 21.5. The molecule has 8 heteroatoms. The Balaban J connectivity index is 1.80. The van der Waals surface area contributed by atoms with E-state index in [1.165, 1.54) is 6.07 Å². The van der Waals surface area contributed by atoms with Gasteiger partial charge in [-0.3, -0.25) is 9.69 Å². The molecule has 1 atom stereocenters. The Kier molecular flexibility index (Phi) is 7.59. The smallest absolute Gasteiger partial charge is 0.251 e. The molecule has 2 aromatic carbocycles. The van der Waals surface area contributed by atoms with E-state index in [1.54, 1.807) is 7.11 Å². The fourth-order valence-corrected chi connectivity index (χ4v) is 3.44. The van der Waals surface area contributed by atoms with Crippen LogP contribution in [0.3, 0.4) is 0 Å². The molecule has 0 aliphatic carbocycles. The number of nitrogens with zero attached hydrogens (tertiary/aromatic N) is 1. The summed E-state index contributed by atoms with van der Waals surface area (Å²) in [5.41, 5.74) is 1.02. The molecule has 1 amide bonds. The maximum atomic E-state index is 13.5. The van der Waals surface area contributed by atoms with Gasteiger partial charge in [-0.2, -0.15) is 0 Å². The quantitative estimate of drug-likeness (QED) is 0.711. The molecule has 1 aliphatic heterocycles. The minimum absolute atomic E-state index is 0.0684. The minimum Gasteiger partial charge on any atom is -0.493 e. The molecular formula is C22H26F2N2O4. The molecule has 1 N–H and O–H groups in total. The number of halogens is 2. The lowest BCUT2D eigenvalue weighted by atomic mass is 10.0. The third-order valence-electron chi connectivity index (χ3n) is 5.00. The van der Waals surface area contributed by atoms with E-state index >= 15 is 0 Å². The van der Waals surface area contributed by atoms with Crippen molar-refractivity contribution >= 4 is 5.91 Å². The molecule has 1 saturated heterocycles. The second-order valence-electron chi connectivity index (χ2n) is 6.85. The Morgan fingerprint density at radius 2 is 1.90 bits per heavy atom. The van der Waals surface area contributed by atoms with Gasteiger partial charge in [0.05, 0.1) is 33.0 Å². The Hall–Kier alpha value is -2.71. The lowest BCUT2D eigenvalue weighted by Crippen LogP contribution is -2.43. The van der Waals surface area contributed by atoms with Gasteiger partial charge >= 0.3 is 0 Å². The van der Waals surface area contributed by atoms with Crippen molar-refractivity contribution in [2.24, 2.45) is 0 Å². The van der Waals surface area contributed by atoms with Gasteiger partial charge in [0.25, 0.3) is 5.91 Å².